The molecule has 10 heteroatoms. The van der Waals surface area contributed by atoms with Gasteiger partial charge in [-0.1, -0.05) is 19.8 Å². The summed E-state index contributed by atoms with van der Waals surface area (Å²) in [4.78, 5) is 12.3. The van der Waals surface area contributed by atoms with Gasteiger partial charge in [-0.3, -0.25) is 0 Å². The highest BCUT2D eigenvalue weighted by atomic mass is 19.4. The number of fused-ring (bicyclic) bond motifs is 1. The zero-order chi connectivity index (χ0) is 24.3. The second kappa shape index (κ2) is 9.68. The van der Waals surface area contributed by atoms with Gasteiger partial charge in [0.2, 0.25) is 5.75 Å². The number of esters is 1. The molecule has 0 N–H and O–H groups in total. The SMILES string of the molecule is CCCCCc1cc(F)c(C(=O)Oc2ccc3c(F)c(OC(F)(F)F)c(F)cc3c2)c(F)c1. The third-order valence-electron chi connectivity index (χ3n) is 4.76. The van der Waals surface area contributed by atoms with E-state index in [-0.39, 0.29) is 11.1 Å². The number of rotatable bonds is 7. The summed E-state index contributed by atoms with van der Waals surface area (Å²) in [5.74, 6) is -8.86. The van der Waals surface area contributed by atoms with Crippen molar-refractivity contribution in [2.24, 2.45) is 0 Å². The van der Waals surface area contributed by atoms with Crippen molar-refractivity contribution in [3.05, 3.63) is 70.8 Å². The third-order valence-corrected chi connectivity index (χ3v) is 4.76. The Morgan fingerprint density at radius 2 is 1.58 bits per heavy atom. The van der Waals surface area contributed by atoms with Gasteiger partial charge < -0.3 is 9.47 Å². The first-order chi connectivity index (χ1) is 15.5. The summed E-state index contributed by atoms with van der Waals surface area (Å²) in [5.41, 5.74) is -0.566. The average Bonchev–Trinajstić information content (AvgIpc) is 2.70. The number of carbonyl (C=O) groups excluding carboxylic acids is 1. The molecule has 0 heterocycles. The lowest BCUT2D eigenvalue weighted by Gasteiger charge is -2.13. The smallest absolute Gasteiger partial charge is 0.423 e. The Bertz CT molecular complexity index is 1170. The Morgan fingerprint density at radius 1 is 0.909 bits per heavy atom. The molecule has 0 aliphatic rings. The van der Waals surface area contributed by atoms with Gasteiger partial charge in [0.05, 0.1) is 0 Å². The zero-order valence-corrected chi connectivity index (χ0v) is 17.2. The fraction of sp³-hybridized carbons (Fsp3) is 0.261. The van der Waals surface area contributed by atoms with E-state index in [4.69, 9.17) is 4.74 Å². The Kier molecular flexibility index (Phi) is 7.14. The van der Waals surface area contributed by atoms with E-state index in [2.05, 4.69) is 4.74 Å². The van der Waals surface area contributed by atoms with Crippen LogP contribution in [0.1, 0.15) is 42.1 Å². The highest BCUT2D eigenvalue weighted by Gasteiger charge is 2.34. The molecule has 0 bridgehead atoms. The summed E-state index contributed by atoms with van der Waals surface area (Å²) in [5, 5.41) is -0.721. The van der Waals surface area contributed by atoms with Crippen molar-refractivity contribution < 1.29 is 45.0 Å². The lowest BCUT2D eigenvalue weighted by Crippen LogP contribution is -2.19. The molecule has 0 radical (unpaired) electrons. The predicted octanol–water partition coefficient (Wildman–Crippen LogP) is 7.25. The molecule has 0 spiro atoms. The summed E-state index contributed by atoms with van der Waals surface area (Å²) >= 11 is 0. The molecule has 0 aliphatic carbocycles. The van der Waals surface area contributed by atoms with Crippen molar-refractivity contribution in [3.8, 4) is 11.5 Å². The molecule has 0 fully saturated rings. The Morgan fingerprint density at radius 3 is 2.18 bits per heavy atom. The lowest BCUT2D eigenvalue weighted by atomic mass is 10.0. The van der Waals surface area contributed by atoms with Gasteiger partial charge >= 0.3 is 12.3 Å². The number of halogens is 7. The summed E-state index contributed by atoms with van der Waals surface area (Å²) < 4.78 is 102. The van der Waals surface area contributed by atoms with Gasteiger partial charge in [0.25, 0.3) is 0 Å². The maximum absolute atomic E-state index is 14.4. The molecule has 0 aromatic heterocycles. The van der Waals surface area contributed by atoms with E-state index < -0.39 is 52.3 Å². The van der Waals surface area contributed by atoms with Crippen LogP contribution < -0.4 is 9.47 Å². The highest BCUT2D eigenvalue weighted by Crippen LogP contribution is 2.35. The molecule has 0 unspecified atom stereocenters. The van der Waals surface area contributed by atoms with Crippen molar-refractivity contribution in [1.29, 1.82) is 0 Å². The molecular formula is C23H17F7O3. The summed E-state index contributed by atoms with van der Waals surface area (Å²) in [6.45, 7) is 1.98. The minimum Gasteiger partial charge on any atom is -0.423 e. The maximum Gasteiger partial charge on any atom is 0.573 e. The van der Waals surface area contributed by atoms with E-state index in [0.717, 1.165) is 49.6 Å². The molecule has 3 nitrogen and oxygen atoms in total. The van der Waals surface area contributed by atoms with Crippen LogP contribution in [0, 0.1) is 23.3 Å². The van der Waals surface area contributed by atoms with Crippen molar-refractivity contribution >= 4 is 16.7 Å². The molecule has 0 saturated carbocycles. The number of hydrogen-bond acceptors (Lipinski definition) is 3. The normalized spacial score (nSPS) is 11.6. The monoisotopic (exact) mass is 474 g/mol. The van der Waals surface area contributed by atoms with Crippen molar-refractivity contribution in [2.75, 3.05) is 0 Å². The van der Waals surface area contributed by atoms with Crippen LogP contribution in [0.2, 0.25) is 0 Å². The molecule has 3 rings (SSSR count). The average molecular weight is 474 g/mol. The van der Waals surface area contributed by atoms with Gasteiger partial charge in [0.15, 0.2) is 11.6 Å². The maximum atomic E-state index is 14.4. The molecule has 176 valence electrons. The highest BCUT2D eigenvalue weighted by molar-refractivity contribution is 5.93. The number of aryl methyl sites for hydroxylation is 1. The number of benzene rings is 3. The van der Waals surface area contributed by atoms with E-state index >= 15 is 0 Å². The summed E-state index contributed by atoms with van der Waals surface area (Å²) in [7, 11) is 0. The second-order valence-corrected chi connectivity index (χ2v) is 7.21. The summed E-state index contributed by atoms with van der Waals surface area (Å²) in [6, 6.07) is 5.44. The Labute approximate surface area is 183 Å². The van der Waals surface area contributed by atoms with Gasteiger partial charge in [-0.25, -0.2) is 22.4 Å². The van der Waals surface area contributed by atoms with E-state index in [1.54, 1.807) is 0 Å². The Hall–Kier alpha value is -3.30. The van der Waals surface area contributed by atoms with E-state index in [1.165, 1.54) is 0 Å². The zero-order valence-electron chi connectivity index (χ0n) is 17.2. The topological polar surface area (TPSA) is 35.5 Å². The van der Waals surface area contributed by atoms with Gasteiger partial charge in [-0.2, -0.15) is 0 Å². The van der Waals surface area contributed by atoms with Crippen LogP contribution in [0.15, 0.2) is 36.4 Å². The second-order valence-electron chi connectivity index (χ2n) is 7.21. The standard InChI is InChI=1S/C23H17F7O3/c1-2-3-4-5-12-8-16(24)19(17(25)9-12)22(31)32-14-6-7-15-13(10-14)11-18(26)21(20(15)27)33-23(28,29)30/h6-11H,2-5H2,1H3. The fourth-order valence-corrected chi connectivity index (χ4v) is 3.26. The third kappa shape index (κ3) is 5.74. The predicted molar refractivity (Wildman–Crippen MR) is 105 cm³/mol. The van der Waals surface area contributed by atoms with Crippen LogP contribution in [-0.4, -0.2) is 12.3 Å². The first kappa shape index (κ1) is 24.3. The number of carbonyl (C=O) groups is 1. The van der Waals surface area contributed by atoms with Crippen LogP contribution in [0.3, 0.4) is 0 Å². The van der Waals surface area contributed by atoms with Crippen molar-refractivity contribution in [2.45, 2.75) is 39.0 Å². The van der Waals surface area contributed by atoms with Gasteiger partial charge in [0.1, 0.15) is 22.9 Å². The minimum absolute atomic E-state index is 0.267. The summed E-state index contributed by atoms with van der Waals surface area (Å²) in [6.07, 6.45) is -2.37. The van der Waals surface area contributed by atoms with Gasteiger partial charge in [0, 0.05) is 5.39 Å². The van der Waals surface area contributed by atoms with Gasteiger partial charge in [-0.15, -0.1) is 13.2 Å². The largest absolute Gasteiger partial charge is 0.573 e. The quantitative estimate of drug-likeness (QED) is 0.157. The van der Waals surface area contributed by atoms with Crippen LogP contribution >= 0.6 is 0 Å². The van der Waals surface area contributed by atoms with Crippen molar-refractivity contribution in [1.82, 2.24) is 0 Å². The molecule has 33 heavy (non-hydrogen) atoms. The van der Waals surface area contributed by atoms with E-state index in [1.807, 2.05) is 6.92 Å². The van der Waals surface area contributed by atoms with Crippen LogP contribution in [-0.2, 0) is 6.42 Å². The van der Waals surface area contributed by atoms with Crippen LogP contribution in [0.5, 0.6) is 11.5 Å². The molecule has 3 aromatic carbocycles. The molecule has 0 amide bonds. The molecular weight excluding hydrogens is 457 g/mol. The number of ether oxygens (including phenoxy) is 2. The minimum atomic E-state index is -5.31. The fourth-order valence-electron chi connectivity index (χ4n) is 3.26. The molecule has 0 atom stereocenters. The number of hydrogen-bond donors (Lipinski definition) is 0. The first-order valence-electron chi connectivity index (χ1n) is 9.87. The molecule has 0 aliphatic heterocycles. The molecule has 3 aromatic rings. The van der Waals surface area contributed by atoms with E-state index in [0.29, 0.717) is 18.1 Å². The number of alkyl halides is 3. The molecule has 0 saturated heterocycles. The van der Waals surface area contributed by atoms with E-state index in [9.17, 15) is 35.5 Å². The van der Waals surface area contributed by atoms with Crippen LogP contribution in [0.25, 0.3) is 10.8 Å². The lowest BCUT2D eigenvalue weighted by molar-refractivity contribution is -0.276. The Balaban J connectivity index is 1.86. The first-order valence-corrected chi connectivity index (χ1v) is 9.87. The number of unbranched alkanes of at least 4 members (excludes halogenated alkanes) is 2. The van der Waals surface area contributed by atoms with Crippen LogP contribution in [0.4, 0.5) is 30.7 Å². The van der Waals surface area contributed by atoms with Gasteiger partial charge in [-0.05, 0) is 60.2 Å². The van der Waals surface area contributed by atoms with Crippen molar-refractivity contribution in [3.63, 3.8) is 0 Å².